The molecule has 0 aromatic rings. The molecular formula is C12H21NO2. The first-order chi connectivity index (χ1) is 7.20. The van der Waals surface area contributed by atoms with Crippen LogP contribution in [-0.2, 0) is 9.53 Å². The Hall–Kier alpha value is -0.850. The Balaban J connectivity index is 3.43. The maximum absolute atomic E-state index is 11.1. The van der Waals surface area contributed by atoms with Crippen molar-refractivity contribution in [1.82, 2.24) is 4.90 Å². The number of ether oxygens (including phenoxy) is 1. The van der Waals surface area contributed by atoms with Crippen LogP contribution in [0.25, 0.3) is 0 Å². The van der Waals surface area contributed by atoms with Crippen LogP contribution in [0.5, 0.6) is 0 Å². The molecule has 0 atom stereocenters. The number of likely N-dealkylation sites (N-methyl/N-ethyl adjacent to an activating group) is 1. The topological polar surface area (TPSA) is 29.5 Å². The minimum atomic E-state index is -0.0190. The molecule has 15 heavy (non-hydrogen) atoms. The minimum Gasteiger partial charge on any atom is -0.381 e. The Morgan fingerprint density at radius 3 is 2.73 bits per heavy atom. The fourth-order valence-electron chi connectivity index (χ4n) is 1.19. The maximum Gasteiger partial charge on any atom is 0.219 e. The van der Waals surface area contributed by atoms with Gasteiger partial charge in [0, 0.05) is 19.8 Å². The van der Waals surface area contributed by atoms with Crippen LogP contribution in [0.2, 0.25) is 0 Å². The van der Waals surface area contributed by atoms with Crippen LogP contribution in [0.1, 0.15) is 26.7 Å². The molecule has 0 bridgehead atoms. The minimum absolute atomic E-state index is 0.0190. The normalized spacial score (nSPS) is 9.87. The van der Waals surface area contributed by atoms with Gasteiger partial charge in [-0.1, -0.05) is 12.8 Å². The van der Waals surface area contributed by atoms with Crippen LogP contribution >= 0.6 is 0 Å². The Labute approximate surface area is 92.8 Å². The first-order valence-electron chi connectivity index (χ1n) is 5.42. The number of ketones is 1. The first kappa shape index (κ1) is 14.2. The number of nitrogens with zero attached hydrogens (tertiary/aromatic N) is 1. The Kier molecular flexibility index (Phi) is 9.15. The highest BCUT2D eigenvalue weighted by molar-refractivity contribution is 5.96. The molecule has 0 aliphatic heterocycles. The van der Waals surface area contributed by atoms with Crippen molar-refractivity contribution in [1.29, 1.82) is 0 Å². The summed E-state index contributed by atoms with van der Waals surface area (Å²) >= 11 is 0. The summed E-state index contributed by atoms with van der Waals surface area (Å²) in [7, 11) is 1.93. The van der Waals surface area contributed by atoms with E-state index in [1.807, 2.05) is 11.9 Å². The third-order valence-electron chi connectivity index (χ3n) is 1.85. The molecule has 0 aliphatic rings. The highest BCUT2D eigenvalue weighted by Crippen LogP contribution is 1.90. The first-order valence-corrected chi connectivity index (χ1v) is 5.42. The fourth-order valence-corrected chi connectivity index (χ4v) is 1.19. The van der Waals surface area contributed by atoms with Crippen molar-refractivity contribution in [2.75, 3.05) is 33.4 Å². The van der Waals surface area contributed by atoms with E-state index in [-0.39, 0.29) is 5.78 Å². The maximum atomic E-state index is 11.1. The second-order valence-corrected chi connectivity index (χ2v) is 3.50. The molecule has 0 N–H and O–H groups in total. The van der Waals surface area contributed by atoms with E-state index in [0.717, 1.165) is 32.6 Å². The van der Waals surface area contributed by atoms with Crippen molar-refractivity contribution < 1.29 is 9.53 Å². The lowest BCUT2D eigenvalue weighted by atomic mass is 10.3. The molecule has 0 spiro atoms. The second kappa shape index (κ2) is 9.70. The van der Waals surface area contributed by atoms with Gasteiger partial charge in [-0.05, 0) is 32.7 Å². The Morgan fingerprint density at radius 2 is 2.13 bits per heavy atom. The van der Waals surface area contributed by atoms with Gasteiger partial charge in [0.1, 0.15) is 0 Å². The zero-order valence-electron chi connectivity index (χ0n) is 10.0. The Morgan fingerprint density at radius 1 is 1.40 bits per heavy atom. The summed E-state index contributed by atoms with van der Waals surface area (Å²) in [5.74, 6) is 5.11. The van der Waals surface area contributed by atoms with Crippen LogP contribution in [0.3, 0.4) is 0 Å². The molecule has 0 heterocycles. The van der Waals surface area contributed by atoms with Gasteiger partial charge in [-0.25, -0.2) is 0 Å². The van der Waals surface area contributed by atoms with E-state index >= 15 is 0 Å². The van der Waals surface area contributed by atoms with Gasteiger partial charge in [-0.2, -0.15) is 0 Å². The van der Waals surface area contributed by atoms with E-state index in [1.54, 1.807) is 6.92 Å². The van der Waals surface area contributed by atoms with Gasteiger partial charge >= 0.3 is 0 Å². The smallest absolute Gasteiger partial charge is 0.219 e. The summed E-state index contributed by atoms with van der Waals surface area (Å²) in [6.07, 6.45) is 2.02. The summed E-state index contributed by atoms with van der Waals surface area (Å²) in [5.41, 5.74) is 0. The van der Waals surface area contributed by atoms with Crippen molar-refractivity contribution in [3.8, 4) is 11.8 Å². The van der Waals surface area contributed by atoms with Gasteiger partial charge < -0.3 is 4.74 Å². The number of carbonyl (C=O) groups excluding carboxylic acids is 1. The molecule has 86 valence electrons. The summed E-state index contributed by atoms with van der Waals surface area (Å²) in [6, 6.07) is 0. The summed E-state index contributed by atoms with van der Waals surface area (Å²) in [4.78, 5) is 13.1. The van der Waals surface area contributed by atoms with Crippen molar-refractivity contribution >= 4 is 5.78 Å². The molecule has 0 rings (SSSR count). The summed E-state index contributed by atoms with van der Waals surface area (Å²) in [5, 5.41) is 0. The van der Waals surface area contributed by atoms with E-state index < -0.39 is 0 Å². The van der Waals surface area contributed by atoms with Gasteiger partial charge in [0.25, 0.3) is 0 Å². The molecule has 0 saturated carbocycles. The average molecular weight is 211 g/mol. The SMILES string of the molecule is CC#CC(=O)CN(C)CCCOCCC. The predicted molar refractivity (Wildman–Crippen MR) is 61.7 cm³/mol. The van der Waals surface area contributed by atoms with E-state index in [2.05, 4.69) is 18.8 Å². The van der Waals surface area contributed by atoms with Crippen LogP contribution in [0, 0.1) is 11.8 Å². The summed E-state index contributed by atoms with van der Waals surface area (Å²) < 4.78 is 5.35. The van der Waals surface area contributed by atoms with Crippen LogP contribution in [-0.4, -0.2) is 44.0 Å². The third-order valence-corrected chi connectivity index (χ3v) is 1.85. The second-order valence-electron chi connectivity index (χ2n) is 3.50. The molecule has 3 nitrogen and oxygen atoms in total. The van der Waals surface area contributed by atoms with Gasteiger partial charge in [-0.3, -0.25) is 9.69 Å². The average Bonchev–Trinajstić information content (AvgIpc) is 2.17. The zero-order valence-corrected chi connectivity index (χ0v) is 10.0. The van der Waals surface area contributed by atoms with Gasteiger partial charge in [-0.15, -0.1) is 0 Å². The standard InChI is InChI=1S/C12H21NO2/c1-4-7-12(14)11-13(3)8-6-10-15-9-5-2/h5-6,8-11H2,1-3H3. The van der Waals surface area contributed by atoms with Crippen molar-refractivity contribution in [3.63, 3.8) is 0 Å². The molecule has 0 aromatic heterocycles. The molecule has 0 amide bonds. The van der Waals surface area contributed by atoms with Gasteiger partial charge in [0.2, 0.25) is 5.78 Å². The van der Waals surface area contributed by atoms with Crippen LogP contribution in [0.15, 0.2) is 0 Å². The van der Waals surface area contributed by atoms with Gasteiger partial charge in [0.15, 0.2) is 0 Å². The van der Waals surface area contributed by atoms with Crippen LogP contribution in [0.4, 0.5) is 0 Å². The van der Waals surface area contributed by atoms with E-state index in [0.29, 0.717) is 6.54 Å². The van der Waals surface area contributed by atoms with Crippen molar-refractivity contribution in [2.45, 2.75) is 26.7 Å². The van der Waals surface area contributed by atoms with Gasteiger partial charge in [0.05, 0.1) is 6.54 Å². The largest absolute Gasteiger partial charge is 0.381 e. The number of hydrogen-bond donors (Lipinski definition) is 0. The van der Waals surface area contributed by atoms with E-state index in [1.165, 1.54) is 0 Å². The van der Waals surface area contributed by atoms with Crippen molar-refractivity contribution in [3.05, 3.63) is 0 Å². The number of carbonyl (C=O) groups is 1. The molecule has 0 saturated heterocycles. The molecule has 0 radical (unpaired) electrons. The van der Waals surface area contributed by atoms with Crippen LogP contribution < -0.4 is 0 Å². The van der Waals surface area contributed by atoms with E-state index in [9.17, 15) is 4.79 Å². The molecule has 0 aliphatic carbocycles. The molecular weight excluding hydrogens is 190 g/mol. The fraction of sp³-hybridized carbons (Fsp3) is 0.750. The molecule has 3 heteroatoms. The lowest BCUT2D eigenvalue weighted by Crippen LogP contribution is -2.26. The van der Waals surface area contributed by atoms with E-state index in [4.69, 9.17) is 4.74 Å². The molecule has 0 unspecified atom stereocenters. The zero-order chi connectivity index (χ0) is 11.5. The quantitative estimate of drug-likeness (QED) is 0.344. The van der Waals surface area contributed by atoms with Crippen molar-refractivity contribution in [2.24, 2.45) is 0 Å². The number of Topliss-reactive ketones (excluding diaryl/α,β-unsaturated/α-hetero) is 1. The highest BCUT2D eigenvalue weighted by atomic mass is 16.5. The lowest BCUT2D eigenvalue weighted by Gasteiger charge is -2.13. The molecule has 0 aromatic carbocycles. The Bertz CT molecular complexity index is 228. The monoisotopic (exact) mass is 211 g/mol. The lowest BCUT2D eigenvalue weighted by molar-refractivity contribution is -0.114. The number of rotatable bonds is 8. The third kappa shape index (κ3) is 9.45. The summed E-state index contributed by atoms with van der Waals surface area (Å²) in [6.45, 7) is 6.65. The highest BCUT2D eigenvalue weighted by Gasteiger charge is 2.02. The molecule has 0 fully saturated rings. The number of hydrogen-bond acceptors (Lipinski definition) is 3. The predicted octanol–water partition coefficient (Wildman–Crippen LogP) is 1.33.